The summed E-state index contributed by atoms with van der Waals surface area (Å²) in [6, 6.07) is 2.94. The maximum atomic E-state index is 12.6. The van der Waals surface area contributed by atoms with Crippen molar-refractivity contribution >= 4 is 33.6 Å². The zero-order valence-electron chi connectivity index (χ0n) is 13.4. The third kappa shape index (κ3) is 4.82. The molecule has 0 spiro atoms. The second-order valence-corrected chi connectivity index (χ2v) is 7.57. The van der Waals surface area contributed by atoms with Crippen molar-refractivity contribution in [2.45, 2.75) is 17.9 Å². The van der Waals surface area contributed by atoms with Crippen LogP contribution in [0.2, 0.25) is 5.02 Å². The van der Waals surface area contributed by atoms with Gasteiger partial charge in [-0.2, -0.15) is 4.31 Å². The topological polar surface area (TPSA) is 128 Å². The van der Waals surface area contributed by atoms with Crippen molar-refractivity contribution in [3.63, 3.8) is 0 Å². The highest BCUT2D eigenvalue weighted by Gasteiger charge is 2.27. The van der Waals surface area contributed by atoms with E-state index in [0.29, 0.717) is 13.2 Å². The van der Waals surface area contributed by atoms with Crippen LogP contribution < -0.4 is 15.8 Å². The number of amides is 3. The molecular weight excluding hydrogens is 374 g/mol. The molecule has 1 aliphatic rings. The summed E-state index contributed by atoms with van der Waals surface area (Å²) in [5.41, 5.74) is 4.86. The Morgan fingerprint density at radius 2 is 2.00 bits per heavy atom. The third-order valence-corrected chi connectivity index (χ3v) is 5.62. The van der Waals surface area contributed by atoms with Gasteiger partial charge in [-0.15, -0.1) is 0 Å². The molecule has 1 atom stereocenters. The van der Waals surface area contributed by atoms with Crippen LogP contribution in [-0.2, 0) is 19.6 Å². The number of primary amides is 1. The van der Waals surface area contributed by atoms with E-state index >= 15 is 0 Å². The number of benzene rings is 1. The highest BCUT2D eigenvalue weighted by molar-refractivity contribution is 7.89. The van der Waals surface area contributed by atoms with E-state index in [1.165, 1.54) is 29.4 Å². The summed E-state index contributed by atoms with van der Waals surface area (Å²) < 4.78 is 36.9. The standard InChI is InChI=1S/C14H18ClN3O6S/c1-9(13(19)17-14(16)20)24-12-3-2-10(8-11(12)15)25(21,22)18-4-6-23-7-5-18/h2-3,8-9H,4-7H2,1H3,(H3,16,17,19,20). The Kier molecular flexibility index (Phi) is 6.22. The SMILES string of the molecule is CC(Oc1ccc(S(=O)(=O)N2CCOCC2)cc1Cl)C(=O)NC(N)=O. The van der Waals surface area contributed by atoms with Gasteiger partial charge < -0.3 is 15.2 Å². The number of hydrogen-bond acceptors (Lipinski definition) is 6. The Morgan fingerprint density at radius 3 is 2.56 bits per heavy atom. The van der Waals surface area contributed by atoms with E-state index in [2.05, 4.69) is 0 Å². The Hall–Kier alpha value is -1.88. The fourth-order valence-corrected chi connectivity index (χ4v) is 3.87. The summed E-state index contributed by atoms with van der Waals surface area (Å²) >= 11 is 6.07. The Balaban J connectivity index is 2.14. The summed E-state index contributed by atoms with van der Waals surface area (Å²) in [4.78, 5) is 22.3. The molecule has 0 bridgehead atoms. The van der Waals surface area contributed by atoms with E-state index in [4.69, 9.17) is 26.8 Å². The van der Waals surface area contributed by atoms with Crippen LogP contribution >= 0.6 is 11.6 Å². The van der Waals surface area contributed by atoms with Gasteiger partial charge in [0.15, 0.2) is 6.10 Å². The van der Waals surface area contributed by atoms with E-state index in [1.807, 2.05) is 5.32 Å². The maximum absolute atomic E-state index is 12.6. The second kappa shape index (κ2) is 8.00. The van der Waals surface area contributed by atoms with Crippen molar-refractivity contribution in [2.24, 2.45) is 5.73 Å². The lowest BCUT2D eigenvalue weighted by atomic mass is 10.3. The van der Waals surface area contributed by atoms with Crippen LogP contribution in [0.4, 0.5) is 4.79 Å². The number of nitrogens with one attached hydrogen (secondary N) is 1. The number of halogens is 1. The Morgan fingerprint density at radius 1 is 1.36 bits per heavy atom. The highest BCUT2D eigenvalue weighted by atomic mass is 35.5. The number of carbonyl (C=O) groups excluding carboxylic acids is 2. The second-order valence-electron chi connectivity index (χ2n) is 5.22. The first-order valence-electron chi connectivity index (χ1n) is 7.36. The molecule has 1 heterocycles. The Labute approximate surface area is 150 Å². The van der Waals surface area contributed by atoms with E-state index in [9.17, 15) is 18.0 Å². The molecule has 0 aliphatic carbocycles. The first-order chi connectivity index (χ1) is 11.7. The molecule has 1 aromatic rings. The molecule has 11 heteroatoms. The molecule has 138 valence electrons. The molecule has 0 aromatic heterocycles. The van der Waals surface area contributed by atoms with Gasteiger partial charge in [0.1, 0.15) is 5.75 Å². The monoisotopic (exact) mass is 391 g/mol. The number of hydrogen-bond donors (Lipinski definition) is 2. The first-order valence-corrected chi connectivity index (χ1v) is 9.18. The molecule has 3 amide bonds. The third-order valence-electron chi connectivity index (χ3n) is 3.43. The van der Waals surface area contributed by atoms with Crippen molar-refractivity contribution < 1.29 is 27.5 Å². The quantitative estimate of drug-likeness (QED) is 0.744. The predicted molar refractivity (Wildman–Crippen MR) is 88.8 cm³/mol. The fraction of sp³-hybridized carbons (Fsp3) is 0.429. The number of rotatable bonds is 5. The minimum Gasteiger partial charge on any atom is -0.479 e. The van der Waals surface area contributed by atoms with Gasteiger partial charge in [0.25, 0.3) is 5.91 Å². The molecule has 9 nitrogen and oxygen atoms in total. The lowest BCUT2D eigenvalue weighted by molar-refractivity contribution is -0.126. The lowest BCUT2D eigenvalue weighted by Gasteiger charge is -2.26. The van der Waals surface area contributed by atoms with Crippen LogP contribution in [-0.4, -0.2) is 57.1 Å². The molecule has 1 saturated heterocycles. The molecule has 25 heavy (non-hydrogen) atoms. The molecule has 1 aliphatic heterocycles. The molecule has 2 rings (SSSR count). The van der Waals surface area contributed by atoms with Crippen LogP contribution in [0.3, 0.4) is 0 Å². The van der Waals surface area contributed by atoms with Crippen LogP contribution in [0.15, 0.2) is 23.1 Å². The number of urea groups is 1. The van der Waals surface area contributed by atoms with Crippen LogP contribution in [0, 0.1) is 0 Å². The summed E-state index contributed by atoms with van der Waals surface area (Å²) in [5, 5.41) is 1.90. The molecule has 0 radical (unpaired) electrons. The highest BCUT2D eigenvalue weighted by Crippen LogP contribution is 2.29. The minimum absolute atomic E-state index is 0.0148. The fourth-order valence-electron chi connectivity index (χ4n) is 2.14. The summed E-state index contributed by atoms with van der Waals surface area (Å²) in [7, 11) is -3.69. The zero-order chi connectivity index (χ0) is 18.6. The predicted octanol–water partition coefficient (Wildman–Crippen LogP) is 0.323. The average molecular weight is 392 g/mol. The first kappa shape index (κ1) is 19.4. The smallest absolute Gasteiger partial charge is 0.318 e. The number of carbonyl (C=O) groups is 2. The zero-order valence-corrected chi connectivity index (χ0v) is 15.0. The number of ether oxygens (including phenoxy) is 2. The van der Waals surface area contributed by atoms with Gasteiger partial charge in [-0.1, -0.05) is 11.6 Å². The normalized spacial score (nSPS) is 16.9. The van der Waals surface area contributed by atoms with Gasteiger partial charge in [-0.25, -0.2) is 13.2 Å². The van der Waals surface area contributed by atoms with Crippen molar-refractivity contribution in [3.05, 3.63) is 23.2 Å². The molecule has 1 aromatic carbocycles. The lowest BCUT2D eigenvalue weighted by Crippen LogP contribution is -2.42. The molecule has 1 fully saturated rings. The van der Waals surface area contributed by atoms with Gasteiger partial charge in [0.2, 0.25) is 10.0 Å². The molecule has 1 unspecified atom stereocenters. The molecular formula is C14H18ClN3O6S. The van der Waals surface area contributed by atoms with Gasteiger partial charge >= 0.3 is 6.03 Å². The van der Waals surface area contributed by atoms with Crippen LogP contribution in [0.5, 0.6) is 5.75 Å². The van der Waals surface area contributed by atoms with Crippen molar-refractivity contribution in [2.75, 3.05) is 26.3 Å². The number of sulfonamides is 1. The van der Waals surface area contributed by atoms with Crippen LogP contribution in [0.1, 0.15) is 6.92 Å². The number of imide groups is 1. The van der Waals surface area contributed by atoms with Crippen molar-refractivity contribution in [3.8, 4) is 5.75 Å². The molecule has 3 N–H and O–H groups in total. The Bertz CT molecular complexity index is 764. The van der Waals surface area contributed by atoms with E-state index in [1.54, 1.807) is 0 Å². The van der Waals surface area contributed by atoms with Crippen LogP contribution in [0.25, 0.3) is 0 Å². The molecule has 0 saturated carbocycles. The van der Waals surface area contributed by atoms with Crippen molar-refractivity contribution in [1.29, 1.82) is 0 Å². The van der Waals surface area contributed by atoms with E-state index < -0.39 is 28.1 Å². The van der Waals surface area contributed by atoms with Gasteiger partial charge in [-0.3, -0.25) is 10.1 Å². The largest absolute Gasteiger partial charge is 0.479 e. The van der Waals surface area contributed by atoms with Crippen molar-refractivity contribution in [1.82, 2.24) is 9.62 Å². The summed E-state index contributed by atoms with van der Waals surface area (Å²) in [6.45, 7) is 2.60. The van der Waals surface area contributed by atoms with E-state index in [-0.39, 0.29) is 28.8 Å². The number of nitrogens with zero attached hydrogens (tertiary/aromatic N) is 1. The van der Waals surface area contributed by atoms with Gasteiger partial charge in [-0.05, 0) is 25.1 Å². The van der Waals surface area contributed by atoms with E-state index in [0.717, 1.165) is 0 Å². The maximum Gasteiger partial charge on any atom is 0.318 e. The average Bonchev–Trinajstić information content (AvgIpc) is 2.56. The van der Waals surface area contributed by atoms with Gasteiger partial charge in [0, 0.05) is 13.1 Å². The summed E-state index contributed by atoms with van der Waals surface area (Å²) in [6.07, 6.45) is -1.05. The minimum atomic E-state index is -3.69. The van der Waals surface area contributed by atoms with Gasteiger partial charge in [0.05, 0.1) is 23.1 Å². The summed E-state index contributed by atoms with van der Waals surface area (Å²) in [5.74, 6) is -0.636. The number of morpholine rings is 1. The number of nitrogens with two attached hydrogens (primary N) is 1.